The van der Waals surface area contributed by atoms with E-state index in [9.17, 15) is 0 Å². The molecule has 0 N–H and O–H groups in total. The zero-order valence-electron chi connectivity index (χ0n) is 16.3. The first-order valence-electron chi connectivity index (χ1n) is 10.3. The number of benzene rings is 2. The van der Waals surface area contributed by atoms with Gasteiger partial charge in [-0.05, 0) is 87.8 Å². The van der Waals surface area contributed by atoms with Gasteiger partial charge < -0.3 is 9.64 Å². The van der Waals surface area contributed by atoms with Crippen LogP contribution in [0.4, 0.5) is 0 Å². The van der Waals surface area contributed by atoms with E-state index in [1.807, 2.05) is 0 Å². The smallest absolute Gasteiger partial charge is 0.122 e. The Bertz CT molecular complexity index is 661. The maximum absolute atomic E-state index is 6.13. The number of hydrogen-bond acceptors (Lipinski definition) is 2. The molecule has 1 aliphatic rings. The molecule has 140 valence electrons. The first-order chi connectivity index (χ1) is 12.8. The van der Waals surface area contributed by atoms with Gasteiger partial charge in [0.25, 0.3) is 0 Å². The molecule has 0 atom stereocenters. The number of piperidine rings is 1. The van der Waals surface area contributed by atoms with Crippen LogP contribution in [0.25, 0.3) is 0 Å². The fourth-order valence-corrected chi connectivity index (χ4v) is 3.81. The number of nitrogens with zero attached hydrogens (tertiary/aromatic N) is 1. The van der Waals surface area contributed by atoms with Gasteiger partial charge in [0, 0.05) is 0 Å². The number of para-hydroxylation sites is 1. The number of ether oxygens (including phenoxy) is 1. The molecule has 0 bridgehead atoms. The van der Waals surface area contributed by atoms with E-state index in [0.29, 0.717) is 0 Å². The summed E-state index contributed by atoms with van der Waals surface area (Å²) in [6.07, 6.45) is 8.67. The topological polar surface area (TPSA) is 12.5 Å². The largest absolute Gasteiger partial charge is 0.493 e. The molecule has 2 aromatic rings. The summed E-state index contributed by atoms with van der Waals surface area (Å²) in [5, 5.41) is 0. The Labute approximate surface area is 159 Å². The third-order valence-electron chi connectivity index (χ3n) is 5.47. The van der Waals surface area contributed by atoms with Crippen molar-refractivity contribution in [1.29, 1.82) is 0 Å². The molecule has 0 saturated carbocycles. The van der Waals surface area contributed by atoms with E-state index in [0.717, 1.165) is 31.6 Å². The molecule has 1 saturated heterocycles. The molecule has 1 aliphatic heterocycles. The van der Waals surface area contributed by atoms with Crippen molar-refractivity contribution in [3.05, 3.63) is 65.2 Å². The van der Waals surface area contributed by atoms with Crippen LogP contribution in [-0.4, -0.2) is 31.1 Å². The molecule has 26 heavy (non-hydrogen) atoms. The lowest BCUT2D eigenvalue weighted by molar-refractivity contribution is 0.215. The summed E-state index contributed by atoms with van der Waals surface area (Å²) in [7, 11) is 0. The molecule has 3 rings (SSSR count). The minimum absolute atomic E-state index is 0.829. The Hall–Kier alpha value is -1.80. The lowest BCUT2D eigenvalue weighted by atomic mass is 10.0. The molecular formula is C24H33NO. The summed E-state index contributed by atoms with van der Waals surface area (Å²) in [6.45, 7) is 6.85. The van der Waals surface area contributed by atoms with Crippen molar-refractivity contribution in [1.82, 2.24) is 4.90 Å². The van der Waals surface area contributed by atoms with Gasteiger partial charge >= 0.3 is 0 Å². The average molecular weight is 352 g/mol. The van der Waals surface area contributed by atoms with Crippen molar-refractivity contribution < 1.29 is 4.74 Å². The molecule has 0 spiro atoms. The monoisotopic (exact) mass is 351 g/mol. The van der Waals surface area contributed by atoms with Gasteiger partial charge in [0.05, 0.1) is 6.61 Å². The third kappa shape index (κ3) is 5.88. The van der Waals surface area contributed by atoms with Crippen molar-refractivity contribution >= 4 is 0 Å². The Morgan fingerprint density at radius 2 is 1.50 bits per heavy atom. The van der Waals surface area contributed by atoms with Crippen LogP contribution in [0.2, 0.25) is 0 Å². The molecule has 0 radical (unpaired) electrons. The van der Waals surface area contributed by atoms with Crippen molar-refractivity contribution in [3.63, 3.8) is 0 Å². The molecule has 1 fully saturated rings. The lowest BCUT2D eigenvalue weighted by Gasteiger charge is -2.26. The predicted octanol–water partition coefficient (Wildman–Crippen LogP) is 5.43. The fraction of sp³-hybridized carbons (Fsp3) is 0.500. The summed E-state index contributed by atoms with van der Waals surface area (Å²) < 4.78 is 6.13. The highest BCUT2D eigenvalue weighted by atomic mass is 16.5. The Morgan fingerprint density at radius 3 is 2.31 bits per heavy atom. The molecule has 0 aliphatic carbocycles. The number of hydrogen-bond donors (Lipinski definition) is 0. The minimum atomic E-state index is 0.829. The summed E-state index contributed by atoms with van der Waals surface area (Å²) >= 11 is 0. The molecule has 2 nitrogen and oxygen atoms in total. The molecule has 0 amide bonds. The van der Waals surface area contributed by atoms with Crippen LogP contribution in [0.1, 0.15) is 48.8 Å². The fourth-order valence-electron chi connectivity index (χ4n) is 3.81. The van der Waals surface area contributed by atoms with Gasteiger partial charge in [0.2, 0.25) is 0 Å². The van der Waals surface area contributed by atoms with E-state index in [4.69, 9.17) is 4.74 Å². The maximum Gasteiger partial charge on any atom is 0.122 e. The van der Waals surface area contributed by atoms with E-state index in [1.54, 1.807) is 0 Å². The van der Waals surface area contributed by atoms with Crippen molar-refractivity contribution in [3.8, 4) is 5.75 Å². The highest BCUT2D eigenvalue weighted by Gasteiger charge is 2.09. The lowest BCUT2D eigenvalue weighted by Crippen LogP contribution is -2.30. The normalized spacial score (nSPS) is 15.1. The molecule has 2 heteroatoms. The van der Waals surface area contributed by atoms with Crippen LogP contribution >= 0.6 is 0 Å². The van der Waals surface area contributed by atoms with Gasteiger partial charge in [-0.3, -0.25) is 0 Å². The van der Waals surface area contributed by atoms with Crippen LogP contribution in [-0.2, 0) is 12.8 Å². The summed E-state index contributed by atoms with van der Waals surface area (Å²) in [5.74, 6) is 1.07. The van der Waals surface area contributed by atoms with E-state index in [-0.39, 0.29) is 0 Å². The first-order valence-corrected chi connectivity index (χ1v) is 10.3. The number of rotatable bonds is 9. The highest BCUT2D eigenvalue weighted by Crippen LogP contribution is 2.21. The molecule has 1 heterocycles. The summed E-state index contributed by atoms with van der Waals surface area (Å²) in [6, 6.07) is 17.2. The van der Waals surface area contributed by atoms with Gasteiger partial charge in [-0.25, -0.2) is 0 Å². The average Bonchev–Trinajstić information content (AvgIpc) is 2.69. The zero-order chi connectivity index (χ0) is 18.0. The van der Waals surface area contributed by atoms with Crippen LogP contribution in [0.15, 0.2) is 48.5 Å². The quantitative estimate of drug-likeness (QED) is 0.559. The summed E-state index contributed by atoms with van der Waals surface area (Å²) in [4.78, 5) is 2.61. The van der Waals surface area contributed by atoms with Gasteiger partial charge in [0.1, 0.15) is 5.75 Å². The van der Waals surface area contributed by atoms with Crippen molar-refractivity contribution in [2.24, 2.45) is 0 Å². The second-order valence-electron chi connectivity index (χ2n) is 7.49. The summed E-state index contributed by atoms with van der Waals surface area (Å²) in [5.41, 5.74) is 4.14. The van der Waals surface area contributed by atoms with E-state index in [1.165, 1.54) is 62.0 Å². The zero-order valence-corrected chi connectivity index (χ0v) is 16.3. The van der Waals surface area contributed by atoms with E-state index < -0.39 is 0 Å². The number of aryl methyl sites for hydroxylation is 3. The van der Waals surface area contributed by atoms with Gasteiger partial charge in [-0.2, -0.15) is 0 Å². The third-order valence-corrected chi connectivity index (χ3v) is 5.47. The number of likely N-dealkylation sites (tertiary alicyclic amines) is 1. The Morgan fingerprint density at radius 1 is 0.808 bits per heavy atom. The van der Waals surface area contributed by atoms with Crippen molar-refractivity contribution in [2.75, 3.05) is 26.2 Å². The van der Waals surface area contributed by atoms with E-state index >= 15 is 0 Å². The highest BCUT2D eigenvalue weighted by molar-refractivity contribution is 5.35. The second-order valence-corrected chi connectivity index (χ2v) is 7.49. The van der Waals surface area contributed by atoms with Gasteiger partial charge in [0.15, 0.2) is 0 Å². The molecule has 0 aromatic heterocycles. The molecule has 2 aromatic carbocycles. The molecular weight excluding hydrogens is 318 g/mol. The van der Waals surface area contributed by atoms with Crippen LogP contribution in [0.3, 0.4) is 0 Å². The SMILES string of the molecule is Cc1ccccc1CCc1ccccc1OCCCCN1CCCCC1. The Kier molecular flexibility index (Phi) is 7.57. The number of unbranched alkanes of at least 4 members (excludes halogenated alkanes) is 1. The Balaban J connectivity index is 1.42. The minimum Gasteiger partial charge on any atom is -0.493 e. The second kappa shape index (κ2) is 10.4. The van der Waals surface area contributed by atoms with Crippen LogP contribution < -0.4 is 4.74 Å². The van der Waals surface area contributed by atoms with Crippen LogP contribution in [0, 0.1) is 6.92 Å². The molecule has 0 unspecified atom stereocenters. The standard InChI is InChI=1S/C24H33NO/c1-21-11-3-4-12-22(21)15-16-23-13-5-6-14-24(23)26-20-10-9-19-25-17-7-2-8-18-25/h3-6,11-14H,2,7-10,15-20H2,1H3. The van der Waals surface area contributed by atoms with Crippen molar-refractivity contribution in [2.45, 2.75) is 51.9 Å². The predicted molar refractivity (Wildman–Crippen MR) is 110 cm³/mol. The van der Waals surface area contributed by atoms with Crippen LogP contribution in [0.5, 0.6) is 5.75 Å². The van der Waals surface area contributed by atoms with E-state index in [2.05, 4.69) is 60.4 Å². The van der Waals surface area contributed by atoms with Gasteiger partial charge in [-0.1, -0.05) is 48.9 Å². The first kappa shape index (κ1) is 19.0. The van der Waals surface area contributed by atoms with Gasteiger partial charge in [-0.15, -0.1) is 0 Å². The maximum atomic E-state index is 6.13.